The van der Waals surface area contributed by atoms with Gasteiger partial charge in [-0.3, -0.25) is 4.68 Å². The third-order valence-corrected chi connectivity index (χ3v) is 5.07. The number of hydrogen-bond acceptors (Lipinski definition) is 4. The Balaban J connectivity index is 1.29. The van der Waals surface area contributed by atoms with Crippen LogP contribution in [0.1, 0.15) is 28.9 Å². The van der Waals surface area contributed by atoms with Gasteiger partial charge in [0.1, 0.15) is 0 Å². The van der Waals surface area contributed by atoms with Gasteiger partial charge in [-0.1, -0.05) is 18.2 Å². The predicted molar refractivity (Wildman–Crippen MR) is 112 cm³/mol. The molecular formula is C22H26N6. The van der Waals surface area contributed by atoms with Gasteiger partial charge in [-0.05, 0) is 62.6 Å². The van der Waals surface area contributed by atoms with E-state index in [-0.39, 0.29) is 0 Å². The molecule has 0 aliphatic carbocycles. The number of rotatable bonds is 7. The first-order valence-corrected chi connectivity index (χ1v) is 9.71. The summed E-state index contributed by atoms with van der Waals surface area (Å²) in [5.41, 5.74) is 6.66. The third-order valence-electron chi connectivity index (χ3n) is 5.07. The molecule has 0 saturated carbocycles. The van der Waals surface area contributed by atoms with E-state index in [1.165, 1.54) is 11.1 Å². The van der Waals surface area contributed by atoms with Crippen molar-refractivity contribution in [3.8, 4) is 5.69 Å². The van der Waals surface area contributed by atoms with E-state index in [1.54, 1.807) is 0 Å². The van der Waals surface area contributed by atoms with Crippen molar-refractivity contribution in [3.05, 3.63) is 71.3 Å². The lowest BCUT2D eigenvalue weighted by molar-refractivity contribution is 0.648. The van der Waals surface area contributed by atoms with Gasteiger partial charge in [0.25, 0.3) is 0 Å². The van der Waals surface area contributed by atoms with Crippen molar-refractivity contribution in [2.45, 2.75) is 33.2 Å². The molecule has 6 nitrogen and oxygen atoms in total. The summed E-state index contributed by atoms with van der Waals surface area (Å²) in [5, 5.41) is 13.7. The van der Waals surface area contributed by atoms with Crippen molar-refractivity contribution in [2.75, 3.05) is 6.54 Å². The number of hydrogen-bond donors (Lipinski definition) is 1. The maximum atomic E-state index is 4.65. The fourth-order valence-corrected chi connectivity index (χ4v) is 3.54. The van der Waals surface area contributed by atoms with Crippen molar-refractivity contribution in [2.24, 2.45) is 7.05 Å². The van der Waals surface area contributed by atoms with Crippen molar-refractivity contribution < 1.29 is 0 Å². The molecule has 0 aliphatic heterocycles. The Bertz CT molecular complexity index is 1080. The topological polar surface area (TPSA) is 60.6 Å². The maximum absolute atomic E-state index is 4.65. The largest absolute Gasteiger partial charge is 0.313 e. The van der Waals surface area contributed by atoms with Crippen LogP contribution in [0.15, 0.2) is 48.8 Å². The summed E-state index contributed by atoms with van der Waals surface area (Å²) >= 11 is 0. The number of fused-ring (bicyclic) bond motifs is 1. The molecule has 144 valence electrons. The zero-order valence-corrected chi connectivity index (χ0v) is 16.7. The van der Waals surface area contributed by atoms with E-state index in [0.29, 0.717) is 0 Å². The quantitative estimate of drug-likeness (QED) is 0.503. The molecule has 0 bridgehead atoms. The molecule has 3 aromatic heterocycles. The van der Waals surface area contributed by atoms with Gasteiger partial charge in [-0.25, -0.2) is 9.67 Å². The van der Waals surface area contributed by atoms with Crippen molar-refractivity contribution in [3.63, 3.8) is 0 Å². The molecule has 6 heteroatoms. The summed E-state index contributed by atoms with van der Waals surface area (Å²) in [4.78, 5) is 4.54. The van der Waals surface area contributed by atoms with Crippen molar-refractivity contribution in [1.29, 1.82) is 0 Å². The number of aryl methyl sites for hydroxylation is 4. The van der Waals surface area contributed by atoms with Gasteiger partial charge in [0.15, 0.2) is 5.65 Å². The highest BCUT2D eigenvalue weighted by Crippen LogP contribution is 2.16. The smallest absolute Gasteiger partial charge is 0.157 e. The first-order chi connectivity index (χ1) is 13.6. The highest BCUT2D eigenvalue weighted by atomic mass is 15.3. The molecule has 0 saturated heterocycles. The SMILES string of the molecule is Cc1nn(-c2ccccc2)cc1CCCNCc1cnc2c(c1)c(C)nn2C. The Kier molecular flexibility index (Phi) is 5.21. The summed E-state index contributed by atoms with van der Waals surface area (Å²) in [6.07, 6.45) is 6.17. The fourth-order valence-electron chi connectivity index (χ4n) is 3.54. The van der Waals surface area contributed by atoms with Crippen LogP contribution < -0.4 is 5.32 Å². The summed E-state index contributed by atoms with van der Waals surface area (Å²) < 4.78 is 3.80. The maximum Gasteiger partial charge on any atom is 0.157 e. The number of nitrogens with one attached hydrogen (secondary N) is 1. The molecule has 0 aliphatic rings. The number of nitrogens with zero attached hydrogens (tertiary/aromatic N) is 5. The van der Waals surface area contributed by atoms with E-state index in [0.717, 1.165) is 54.0 Å². The van der Waals surface area contributed by atoms with Crippen LogP contribution in [0.5, 0.6) is 0 Å². The lowest BCUT2D eigenvalue weighted by atomic mass is 10.1. The highest BCUT2D eigenvalue weighted by Gasteiger charge is 2.08. The zero-order chi connectivity index (χ0) is 19.5. The molecule has 0 radical (unpaired) electrons. The highest BCUT2D eigenvalue weighted by molar-refractivity contribution is 5.78. The molecule has 0 fully saturated rings. The Morgan fingerprint density at radius 2 is 1.86 bits per heavy atom. The van der Waals surface area contributed by atoms with Crippen LogP contribution >= 0.6 is 0 Å². The monoisotopic (exact) mass is 374 g/mol. The molecule has 0 spiro atoms. The van der Waals surface area contributed by atoms with E-state index < -0.39 is 0 Å². The van der Waals surface area contributed by atoms with Gasteiger partial charge >= 0.3 is 0 Å². The van der Waals surface area contributed by atoms with Gasteiger partial charge < -0.3 is 5.32 Å². The Morgan fingerprint density at radius 3 is 2.68 bits per heavy atom. The lowest BCUT2D eigenvalue weighted by Crippen LogP contribution is -2.15. The van der Waals surface area contributed by atoms with Gasteiger partial charge in [0.2, 0.25) is 0 Å². The van der Waals surface area contributed by atoms with Crippen LogP contribution in [0.3, 0.4) is 0 Å². The number of benzene rings is 1. The Morgan fingerprint density at radius 1 is 1.04 bits per heavy atom. The number of aromatic nitrogens is 5. The first-order valence-electron chi connectivity index (χ1n) is 9.71. The van der Waals surface area contributed by atoms with Gasteiger partial charge in [0, 0.05) is 31.4 Å². The molecule has 28 heavy (non-hydrogen) atoms. The van der Waals surface area contributed by atoms with Gasteiger partial charge in [-0.2, -0.15) is 10.2 Å². The fraction of sp³-hybridized carbons (Fsp3) is 0.318. The summed E-state index contributed by atoms with van der Waals surface area (Å²) in [6, 6.07) is 12.4. The normalized spacial score (nSPS) is 11.4. The van der Waals surface area contributed by atoms with Gasteiger partial charge in [-0.15, -0.1) is 0 Å². The average molecular weight is 374 g/mol. The van der Waals surface area contributed by atoms with Crippen LogP contribution in [-0.4, -0.2) is 31.1 Å². The van der Waals surface area contributed by atoms with Crippen molar-refractivity contribution in [1.82, 2.24) is 29.9 Å². The standard InChI is InChI=1S/C22H26N6/c1-16-19(15-28(26-16)20-9-5-4-6-10-20)8-7-11-23-13-18-12-21-17(2)25-27(3)22(21)24-14-18/h4-6,9-10,12,14-15,23H,7-8,11,13H2,1-3H3. The summed E-state index contributed by atoms with van der Waals surface area (Å²) in [5.74, 6) is 0. The van der Waals surface area contributed by atoms with Gasteiger partial charge in [0.05, 0.1) is 17.1 Å². The van der Waals surface area contributed by atoms with E-state index in [1.807, 2.05) is 47.7 Å². The predicted octanol–water partition coefficient (Wildman–Crippen LogP) is 3.49. The second-order valence-corrected chi connectivity index (χ2v) is 7.22. The molecule has 0 unspecified atom stereocenters. The third kappa shape index (κ3) is 3.82. The van der Waals surface area contributed by atoms with Crippen LogP contribution in [0.4, 0.5) is 0 Å². The van der Waals surface area contributed by atoms with Crippen molar-refractivity contribution >= 4 is 11.0 Å². The molecule has 0 atom stereocenters. The molecule has 3 heterocycles. The van der Waals surface area contributed by atoms with Crippen LogP contribution in [0.25, 0.3) is 16.7 Å². The van der Waals surface area contributed by atoms with Crippen LogP contribution in [0, 0.1) is 13.8 Å². The molecule has 4 rings (SSSR count). The first kappa shape index (κ1) is 18.4. The minimum Gasteiger partial charge on any atom is -0.313 e. The van der Waals surface area contributed by atoms with Crippen LogP contribution in [-0.2, 0) is 20.0 Å². The van der Waals surface area contributed by atoms with E-state index in [4.69, 9.17) is 0 Å². The minimum absolute atomic E-state index is 0.819. The number of para-hydroxylation sites is 1. The lowest BCUT2D eigenvalue weighted by Gasteiger charge is -2.05. The average Bonchev–Trinajstić information content (AvgIpc) is 3.21. The molecule has 4 aromatic rings. The van der Waals surface area contributed by atoms with E-state index in [9.17, 15) is 0 Å². The molecule has 1 N–H and O–H groups in total. The molecule has 0 amide bonds. The Labute approximate surface area is 165 Å². The zero-order valence-electron chi connectivity index (χ0n) is 16.7. The molecule has 1 aromatic carbocycles. The minimum atomic E-state index is 0.819. The van der Waals surface area contributed by atoms with E-state index >= 15 is 0 Å². The molecular weight excluding hydrogens is 348 g/mol. The second kappa shape index (κ2) is 7.94. The number of pyridine rings is 1. The second-order valence-electron chi connectivity index (χ2n) is 7.22. The summed E-state index contributed by atoms with van der Waals surface area (Å²) in [7, 11) is 1.93. The van der Waals surface area contributed by atoms with Crippen LogP contribution in [0.2, 0.25) is 0 Å². The Hall–Kier alpha value is -2.99. The van der Waals surface area contributed by atoms with E-state index in [2.05, 4.69) is 51.8 Å². The summed E-state index contributed by atoms with van der Waals surface area (Å²) in [6.45, 7) is 5.89.